The maximum Gasteiger partial charge on any atom is 0.325 e. The maximum absolute atomic E-state index is 11.4. The normalized spacial score (nSPS) is 14.3. The number of hydrogen-bond acceptors (Lipinski definition) is 5. The number of fused-ring (bicyclic) bond motifs is 1. The Bertz CT molecular complexity index is 469. The minimum atomic E-state index is -0.312. The summed E-state index contributed by atoms with van der Waals surface area (Å²) in [5, 5.41) is 4.38. The summed E-state index contributed by atoms with van der Waals surface area (Å²) in [7, 11) is 1.80. The lowest BCUT2D eigenvalue weighted by Gasteiger charge is -2.24. The molecule has 0 aliphatic carbocycles. The molecule has 0 N–H and O–H groups in total. The van der Waals surface area contributed by atoms with Crippen LogP contribution in [0.3, 0.4) is 0 Å². The number of carbonyl (C=O) groups is 1. The summed E-state index contributed by atoms with van der Waals surface area (Å²) in [6.07, 6.45) is 1.72. The number of esters is 1. The molecule has 2 rings (SSSR count). The average molecular weight is 257 g/mol. The number of rotatable bonds is 3. The van der Waals surface area contributed by atoms with Crippen LogP contribution in [0.5, 0.6) is 0 Å². The molecule has 2 heterocycles. The fourth-order valence-corrected chi connectivity index (χ4v) is 1.84. The third kappa shape index (κ3) is 2.41. The minimum Gasteiger partial charge on any atom is -0.465 e. The standard InChI is InChI=1S/C10H13ClN4O2/c1-3-17-8(16)6-15-5-7-4-12-14(2)9(7)13-10(15)11/h4H,3,5-6H2,1-2H3. The van der Waals surface area contributed by atoms with Gasteiger partial charge in [0.15, 0.2) is 5.82 Å². The molecule has 7 heteroatoms. The van der Waals surface area contributed by atoms with E-state index >= 15 is 0 Å². The fourth-order valence-electron chi connectivity index (χ4n) is 1.64. The Morgan fingerprint density at radius 2 is 2.41 bits per heavy atom. The zero-order chi connectivity index (χ0) is 12.4. The van der Waals surface area contributed by atoms with Crippen LogP contribution in [0.2, 0.25) is 0 Å². The maximum atomic E-state index is 11.4. The largest absolute Gasteiger partial charge is 0.465 e. The van der Waals surface area contributed by atoms with Gasteiger partial charge in [0.25, 0.3) is 0 Å². The van der Waals surface area contributed by atoms with E-state index in [0.717, 1.165) is 11.4 Å². The molecular weight excluding hydrogens is 244 g/mol. The smallest absolute Gasteiger partial charge is 0.325 e. The highest BCUT2D eigenvalue weighted by Gasteiger charge is 2.23. The van der Waals surface area contributed by atoms with Crippen LogP contribution in [0.1, 0.15) is 12.5 Å². The molecule has 0 aromatic carbocycles. The summed E-state index contributed by atoms with van der Waals surface area (Å²) < 4.78 is 6.52. The predicted octanol–water partition coefficient (Wildman–Crippen LogP) is 1.03. The molecule has 17 heavy (non-hydrogen) atoms. The van der Waals surface area contributed by atoms with Crippen LogP contribution in [-0.4, -0.2) is 39.1 Å². The van der Waals surface area contributed by atoms with Gasteiger partial charge < -0.3 is 9.64 Å². The number of hydrogen-bond donors (Lipinski definition) is 0. The number of aliphatic imine (C=N–C) groups is 1. The number of carbonyl (C=O) groups excluding carboxylic acids is 1. The average Bonchev–Trinajstić information content (AvgIpc) is 2.61. The van der Waals surface area contributed by atoms with Crippen molar-refractivity contribution in [3.8, 4) is 0 Å². The topological polar surface area (TPSA) is 59.7 Å². The Morgan fingerprint density at radius 1 is 1.65 bits per heavy atom. The summed E-state index contributed by atoms with van der Waals surface area (Å²) in [6, 6.07) is 0. The number of nitrogens with zero attached hydrogens (tertiary/aromatic N) is 4. The molecule has 0 spiro atoms. The van der Waals surface area contributed by atoms with Crippen molar-refractivity contribution in [3.05, 3.63) is 11.8 Å². The third-order valence-corrected chi connectivity index (χ3v) is 2.75. The Hall–Kier alpha value is -1.56. The van der Waals surface area contributed by atoms with Crippen LogP contribution in [0.15, 0.2) is 11.2 Å². The lowest BCUT2D eigenvalue weighted by molar-refractivity contribution is -0.143. The van der Waals surface area contributed by atoms with Crippen LogP contribution in [0.25, 0.3) is 0 Å². The first-order valence-corrected chi connectivity index (χ1v) is 5.65. The van der Waals surface area contributed by atoms with Crippen molar-refractivity contribution < 1.29 is 9.53 Å². The fraction of sp³-hybridized carbons (Fsp3) is 0.500. The SMILES string of the molecule is CCOC(=O)CN1Cc2cnn(C)c2N=C1Cl. The summed E-state index contributed by atoms with van der Waals surface area (Å²) in [5.74, 6) is 0.420. The molecule has 0 unspecified atom stereocenters. The zero-order valence-corrected chi connectivity index (χ0v) is 10.4. The van der Waals surface area contributed by atoms with Crippen molar-refractivity contribution in [3.63, 3.8) is 0 Å². The highest BCUT2D eigenvalue weighted by molar-refractivity contribution is 6.65. The molecule has 92 valence electrons. The summed E-state index contributed by atoms with van der Waals surface area (Å²) in [5.41, 5.74) is 0.946. The van der Waals surface area contributed by atoms with Crippen molar-refractivity contribution in [2.45, 2.75) is 13.5 Å². The molecule has 0 fully saturated rings. The van der Waals surface area contributed by atoms with Crippen LogP contribution in [0.4, 0.5) is 5.82 Å². The van der Waals surface area contributed by atoms with Crippen LogP contribution >= 0.6 is 11.6 Å². The lowest BCUT2D eigenvalue weighted by atomic mass is 10.3. The Morgan fingerprint density at radius 3 is 3.12 bits per heavy atom. The molecule has 1 aliphatic heterocycles. The van der Waals surface area contributed by atoms with E-state index in [9.17, 15) is 4.79 Å². The van der Waals surface area contributed by atoms with E-state index in [4.69, 9.17) is 16.3 Å². The van der Waals surface area contributed by atoms with Gasteiger partial charge in [-0.2, -0.15) is 5.10 Å². The van der Waals surface area contributed by atoms with Gasteiger partial charge in [0, 0.05) is 12.6 Å². The van der Waals surface area contributed by atoms with Crippen LogP contribution in [-0.2, 0) is 23.1 Å². The predicted molar refractivity (Wildman–Crippen MR) is 63.2 cm³/mol. The van der Waals surface area contributed by atoms with Gasteiger partial charge in [-0.05, 0) is 18.5 Å². The van der Waals surface area contributed by atoms with E-state index in [0.29, 0.717) is 13.2 Å². The number of amidine groups is 1. The van der Waals surface area contributed by atoms with E-state index in [1.807, 2.05) is 0 Å². The highest BCUT2D eigenvalue weighted by atomic mass is 35.5. The molecule has 0 saturated heterocycles. The number of aromatic nitrogens is 2. The monoisotopic (exact) mass is 256 g/mol. The molecule has 6 nitrogen and oxygen atoms in total. The third-order valence-electron chi connectivity index (χ3n) is 2.43. The van der Waals surface area contributed by atoms with E-state index in [2.05, 4.69) is 10.1 Å². The van der Waals surface area contributed by atoms with Gasteiger partial charge in [-0.15, -0.1) is 0 Å². The van der Waals surface area contributed by atoms with Crippen LogP contribution < -0.4 is 0 Å². The van der Waals surface area contributed by atoms with Gasteiger partial charge in [-0.3, -0.25) is 9.48 Å². The van der Waals surface area contributed by atoms with Crippen molar-refractivity contribution in [2.75, 3.05) is 13.2 Å². The number of aryl methyl sites for hydroxylation is 1. The van der Waals surface area contributed by atoms with Crippen molar-refractivity contribution in [1.82, 2.24) is 14.7 Å². The molecule has 0 amide bonds. The molecule has 0 radical (unpaired) electrons. The van der Waals surface area contributed by atoms with Crippen LogP contribution in [0, 0.1) is 0 Å². The van der Waals surface area contributed by atoms with Crippen molar-refractivity contribution >= 4 is 28.7 Å². The quantitative estimate of drug-likeness (QED) is 0.599. The van der Waals surface area contributed by atoms with E-state index in [-0.39, 0.29) is 17.8 Å². The van der Waals surface area contributed by atoms with Gasteiger partial charge in [0.05, 0.1) is 19.3 Å². The van der Waals surface area contributed by atoms with Crippen molar-refractivity contribution in [2.24, 2.45) is 12.0 Å². The Kier molecular flexibility index (Phi) is 3.33. The molecule has 1 aliphatic rings. The van der Waals surface area contributed by atoms with Gasteiger partial charge in [0.1, 0.15) is 6.54 Å². The lowest BCUT2D eigenvalue weighted by Crippen LogP contribution is -2.35. The first kappa shape index (κ1) is 11.9. The molecule has 0 bridgehead atoms. The Balaban J connectivity index is 2.12. The summed E-state index contributed by atoms with van der Waals surface area (Å²) >= 11 is 6.01. The second kappa shape index (κ2) is 4.75. The van der Waals surface area contributed by atoms with Gasteiger partial charge in [-0.1, -0.05) is 0 Å². The van der Waals surface area contributed by atoms with E-state index in [1.165, 1.54) is 0 Å². The first-order chi connectivity index (χ1) is 8.11. The first-order valence-electron chi connectivity index (χ1n) is 5.27. The minimum absolute atomic E-state index is 0.102. The van der Waals surface area contributed by atoms with Crippen molar-refractivity contribution in [1.29, 1.82) is 0 Å². The number of ether oxygens (including phenoxy) is 1. The second-order valence-electron chi connectivity index (χ2n) is 3.66. The van der Waals surface area contributed by atoms with Gasteiger partial charge >= 0.3 is 5.97 Å². The molecule has 1 aromatic heterocycles. The highest BCUT2D eigenvalue weighted by Crippen LogP contribution is 2.26. The molecule has 0 saturated carbocycles. The van der Waals surface area contributed by atoms with E-state index < -0.39 is 0 Å². The van der Waals surface area contributed by atoms with Gasteiger partial charge in [0.2, 0.25) is 5.29 Å². The number of halogens is 1. The Labute approximate surface area is 104 Å². The molecule has 0 atom stereocenters. The summed E-state index contributed by atoms with van der Waals surface area (Å²) in [4.78, 5) is 17.2. The second-order valence-corrected chi connectivity index (χ2v) is 4.00. The molecular formula is C10H13ClN4O2. The van der Waals surface area contributed by atoms with Gasteiger partial charge in [-0.25, -0.2) is 4.99 Å². The molecule has 1 aromatic rings. The zero-order valence-electron chi connectivity index (χ0n) is 9.68. The summed E-state index contributed by atoms with van der Waals surface area (Å²) in [6.45, 7) is 2.75. The van der Waals surface area contributed by atoms with E-state index in [1.54, 1.807) is 29.7 Å².